The van der Waals surface area contributed by atoms with Crippen molar-refractivity contribution < 1.29 is 5.11 Å². The van der Waals surface area contributed by atoms with Crippen LogP contribution in [-0.4, -0.2) is 11.7 Å². The molecule has 0 bridgehead atoms. The smallest absolute Gasteiger partial charge is 0.0465 e. The Morgan fingerprint density at radius 1 is 1.12 bits per heavy atom. The Labute approximate surface area is 107 Å². The van der Waals surface area contributed by atoms with Crippen molar-refractivity contribution in [2.45, 2.75) is 33.1 Å². The predicted molar refractivity (Wildman–Crippen MR) is 72.5 cm³/mol. The highest BCUT2D eigenvalue weighted by Gasteiger charge is 2.18. The van der Waals surface area contributed by atoms with Gasteiger partial charge in [-0.3, -0.25) is 0 Å². The van der Waals surface area contributed by atoms with Gasteiger partial charge in [0, 0.05) is 11.1 Å². The summed E-state index contributed by atoms with van der Waals surface area (Å²) in [5, 5.41) is 9.50. The SMILES string of the molecule is CCC(CC)C(CO)Cc1ccccc1Br. The van der Waals surface area contributed by atoms with Crippen molar-refractivity contribution in [1.29, 1.82) is 0 Å². The zero-order valence-corrected chi connectivity index (χ0v) is 11.7. The van der Waals surface area contributed by atoms with E-state index in [0.717, 1.165) is 23.7 Å². The van der Waals surface area contributed by atoms with Gasteiger partial charge in [-0.2, -0.15) is 0 Å². The highest BCUT2D eigenvalue weighted by Crippen LogP contribution is 2.26. The quantitative estimate of drug-likeness (QED) is 0.836. The molecule has 1 atom stereocenters. The zero-order valence-electron chi connectivity index (χ0n) is 10.1. The number of halogens is 1. The summed E-state index contributed by atoms with van der Waals surface area (Å²) in [6, 6.07) is 8.28. The number of hydrogen-bond donors (Lipinski definition) is 1. The molecule has 1 aromatic carbocycles. The van der Waals surface area contributed by atoms with Crippen molar-refractivity contribution in [3.63, 3.8) is 0 Å². The van der Waals surface area contributed by atoms with E-state index in [9.17, 15) is 5.11 Å². The van der Waals surface area contributed by atoms with Crippen molar-refractivity contribution in [2.24, 2.45) is 11.8 Å². The second kappa shape index (κ2) is 7.08. The molecule has 0 amide bonds. The van der Waals surface area contributed by atoms with Gasteiger partial charge < -0.3 is 5.11 Å². The van der Waals surface area contributed by atoms with Crippen LogP contribution in [0.5, 0.6) is 0 Å². The molecular formula is C14H21BrO. The number of benzene rings is 1. The molecule has 2 heteroatoms. The molecule has 1 unspecified atom stereocenters. The maximum atomic E-state index is 9.50. The summed E-state index contributed by atoms with van der Waals surface area (Å²) in [6.07, 6.45) is 3.25. The Kier molecular flexibility index (Phi) is 6.07. The van der Waals surface area contributed by atoms with Gasteiger partial charge in [-0.15, -0.1) is 0 Å². The lowest BCUT2D eigenvalue weighted by molar-refractivity contribution is 0.167. The first-order chi connectivity index (χ1) is 7.72. The second-order valence-electron chi connectivity index (χ2n) is 4.31. The molecule has 1 aromatic rings. The van der Waals surface area contributed by atoms with Gasteiger partial charge in [0.1, 0.15) is 0 Å². The van der Waals surface area contributed by atoms with Crippen LogP contribution in [-0.2, 0) is 6.42 Å². The van der Waals surface area contributed by atoms with Crippen LogP contribution in [0.25, 0.3) is 0 Å². The van der Waals surface area contributed by atoms with E-state index in [0.29, 0.717) is 11.8 Å². The molecule has 1 rings (SSSR count). The summed E-state index contributed by atoms with van der Waals surface area (Å²) in [7, 11) is 0. The lowest BCUT2D eigenvalue weighted by atomic mass is 9.84. The molecule has 0 spiro atoms. The third-order valence-electron chi connectivity index (χ3n) is 3.39. The summed E-state index contributed by atoms with van der Waals surface area (Å²) in [6.45, 7) is 4.70. The van der Waals surface area contributed by atoms with Crippen LogP contribution in [0.4, 0.5) is 0 Å². The van der Waals surface area contributed by atoms with Gasteiger partial charge in [-0.05, 0) is 29.9 Å². The van der Waals surface area contributed by atoms with E-state index in [1.807, 2.05) is 6.07 Å². The molecule has 0 saturated heterocycles. The minimum atomic E-state index is 0.285. The number of hydrogen-bond acceptors (Lipinski definition) is 1. The average molecular weight is 285 g/mol. The van der Waals surface area contributed by atoms with E-state index < -0.39 is 0 Å². The molecule has 90 valence electrons. The summed E-state index contributed by atoms with van der Waals surface area (Å²) < 4.78 is 1.15. The molecule has 0 saturated carbocycles. The van der Waals surface area contributed by atoms with Crippen LogP contribution < -0.4 is 0 Å². The maximum Gasteiger partial charge on any atom is 0.0465 e. The van der Waals surface area contributed by atoms with E-state index in [4.69, 9.17) is 0 Å². The van der Waals surface area contributed by atoms with E-state index in [-0.39, 0.29) is 6.61 Å². The Bertz CT molecular complexity index is 307. The molecule has 16 heavy (non-hydrogen) atoms. The van der Waals surface area contributed by atoms with Crippen LogP contribution >= 0.6 is 15.9 Å². The van der Waals surface area contributed by atoms with Gasteiger partial charge in [0.05, 0.1) is 0 Å². The summed E-state index contributed by atoms with van der Waals surface area (Å²) in [4.78, 5) is 0. The van der Waals surface area contributed by atoms with Gasteiger partial charge in [0.15, 0.2) is 0 Å². The number of aliphatic hydroxyl groups is 1. The Morgan fingerprint density at radius 3 is 2.25 bits per heavy atom. The zero-order chi connectivity index (χ0) is 12.0. The number of rotatable bonds is 6. The topological polar surface area (TPSA) is 20.2 Å². The maximum absolute atomic E-state index is 9.50. The van der Waals surface area contributed by atoms with E-state index in [1.54, 1.807) is 0 Å². The minimum absolute atomic E-state index is 0.285. The minimum Gasteiger partial charge on any atom is -0.396 e. The van der Waals surface area contributed by atoms with Crippen molar-refractivity contribution in [2.75, 3.05) is 6.61 Å². The van der Waals surface area contributed by atoms with Crippen LogP contribution in [0.1, 0.15) is 32.3 Å². The Morgan fingerprint density at radius 2 is 1.75 bits per heavy atom. The van der Waals surface area contributed by atoms with Gasteiger partial charge in [0.2, 0.25) is 0 Å². The second-order valence-corrected chi connectivity index (χ2v) is 5.17. The highest BCUT2D eigenvalue weighted by molar-refractivity contribution is 9.10. The van der Waals surface area contributed by atoms with Crippen LogP contribution in [0.3, 0.4) is 0 Å². The predicted octanol–water partition coefficient (Wildman–Crippen LogP) is 4.04. The third-order valence-corrected chi connectivity index (χ3v) is 4.16. The number of aliphatic hydroxyl groups excluding tert-OH is 1. The molecule has 0 radical (unpaired) electrons. The van der Waals surface area contributed by atoms with E-state index >= 15 is 0 Å². The van der Waals surface area contributed by atoms with E-state index in [1.165, 1.54) is 5.56 Å². The first-order valence-corrected chi connectivity index (χ1v) is 6.86. The summed E-state index contributed by atoms with van der Waals surface area (Å²) in [5.74, 6) is 1.01. The first kappa shape index (κ1) is 13.7. The van der Waals surface area contributed by atoms with Gasteiger partial charge >= 0.3 is 0 Å². The van der Waals surface area contributed by atoms with E-state index in [2.05, 4.69) is 48.0 Å². The molecule has 0 aliphatic carbocycles. The van der Waals surface area contributed by atoms with Crippen LogP contribution in [0.2, 0.25) is 0 Å². The van der Waals surface area contributed by atoms with Gasteiger partial charge in [-0.1, -0.05) is 60.8 Å². The molecule has 0 fully saturated rings. The third kappa shape index (κ3) is 3.60. The first-order valence-electron chi connectivity index (χ1n) is 6.07. The normalized spacial score (nSPS) is 13.1. The fourth-order valence-electron chi connectivity index (χ4n) is 2.28. The van der Waals surface area contributed by atoms with Crippen molar-refractivity contribution in [3.8, 4) is 0 Å². The van der Waals surface area contributed by atoms with Crippen molar-refractivity contribution in [3.05, 3.63) is 34.3 Å². The van der Waals surface area contributed by atoms with Crippen LogP contribution in [0.15, 0.2) is 28.7 Å². The Balaban J connectivity index is 2.73. The molecule has 0 aromatic heterocycles. The highest BCUT2D eigenvalue weighted by atomic mass is 79.9. The van der Waals surface area contributed by atoms with Crippen LogP contribution in [0, 0.1) is 11.8 Å². The molecule has 1 N–H and O–H groups in total. The largest absolute Gasteiger partial charge is 0.396 e. The fraction of sp³-hybridized carbons (Fsp3) is 0.571. The summed E-state index contributed by atoms with van der Waals surface area (Å²) in [5.41, 5.74) is 1.30. The molecule has 0 aliphatic heterocycles. The van der Waals surface area contributed by atoms with Gasteiger partial charge in [0.25, 0.3) is 0 Å². The molecular weight excluding hydrogens is 264 g/mol. The average Bonchev–Trinajstić information content (AvgIpc) is 2.31. The molecule has 0 aliphatic rings. The lowest BCUT2D eigenvalue weighted by Crippen LogP contribution is -2.20. The fourth-order valence-corrected chi connectivity index (χ4v) is 2.73. The molecule has 0 heterocycles. The lowest BCUT2D eigenvalue weighted by Gasteiger charge is -2.23. The van der Waals surface area contributed by atoms with Gasteiger partial charge in [-0.25, -0.2) is 0 Å². The monoisotopic (exact) mass is 284 g/mol. The summed E-state index contributed by atoms with van der Waals surface area (Å²) >= 11 is 3.57. The standard InChI is InChI=1S/C14H21BrO/c1-3-11(4-2)13(10-16)9-12-7-5-6-8-14(12)15/h5-8,11,13,16H,3-4,9-10H2,1-2H3. The Hall–Kier alpha value is -0.340. The molecule has 1 nitrogen and oxygen atoms in total. The van der Waals surface area contributed by atoms with Crippen molar-refractivity contribution in [1.82, 2.24) is 0 Å². The van der Waals surface area contributed by atoms with Crippen molar-refractivity contribution >= 4 is 15.9 Å².